The van der Waals surface area contributed by atoms with Crippen LogP contribution < -0.4 is 0 Å². The van der Waals surface area contributed by atoms with Crippen molar-refractivity contribution in [3.63, 3.8) is 0 Å². The summed E-state index contributed by atoms with van der Waals surface area (Å²) in [7, 11) is -3.20. The third-order valence-electron chi connectivity index (χ3n) is 5.82. The van der Waals surface area contributed by atoms with Crippen LogP contribution in [-0.4, -0.2) is 79.5 Å². The molecule has 6 nitrogen and oxygen atoms in total. The molecule has 27 heavy (non-hydrogen) atoms. The van der Waals surface area contributed by atoms with Gasteiger partial charge in [0.05, 0.1) is 16.8 Å². The maximum Gasteiger partial charge on any atom is 0.255 e. The van der Waals surface area contributed by atoms with Gasteiger partial charge < -0.3 is 4.90 Å². The van der Waals surface area contributed by atoms with Crippen molar-refractivity contribution in [3.8, 4) is 0 Å². The van der Waals surface area contributed by atoms with Gasteiger partial charge in [0.15, 0.2) is 0 Å². The molecule has 0 N–H and O–H groups in total. The van der Waals surface area contributed by atoms with E-state index in [1.807, 2.05) is 0 Å². The normalized spacial score (nSPS) is 25.1. The number of sulfonamides is 1. The zero-order valence-corrected chi connectivity index (χ0v) is 17.2. The van der Waals surface area contributed by atoms with E-state index >= 15 is 0 Å². The smallest absolute Gasteiger partial charge is 0.255 e. The Hall–Kier alpha value is -1.22. The van der Waals surface area contributed by atoms with Gasteiger partial charge in [0.25, 0.3) is 5.91 Å². The molecule has 0 aromatic heterocycles. The minimum atomic E-state index is -3.20. The van der Waals surface area contributed by atoms with Crippen molar-refractivity contribution >= 4 is 27.5 Å². The molecule has 9 heteroatoms. The molecule has 2 heterocycles. The van der Waals surface area contributed by atoms with Gasteiger partial charge in [0.2, 0.25) is 10.0 Å². The Morgan fingerprint density at radius 1 is 1.22 bits per heavy atom. The van der Waals surface area contributed by atoms with Crippen LogP contribution in [0.5, 0.6) is 0 Å². The maximum atomic E-state index is 13.5. The van der Waals surface area contributed by atoms with Gasteiger partial charge in [-0.15, -0.1) is 0 Å². The van der Waals surface area contributed by atoms with E-state index in [0.29, 0.717) is 39.3 Å². The molecular weight excluding hydrogens is 393 g/mol. The Kier molecular flexibility index (Phi) is 5.82. The summed E-state index contributed by atoms with van der Waals surface area (Å²) in [5, 5.41) is 0.244. The lowest BCUT2D eigenvalue weighted by atomic mass is 9.92. The third kappa shape index (κ3) is 4.13. The lowest BCUT2D eigenvalue weighted by Crippen LogP contribution is -2.59. The summed E-state index contributed by atoms with van der Waals surface area (Å²) in [6.45, 7) is 5.43. The van der Waals surface area contributed by atoms with E-state index in [9.17, 15) is 17.6 Å². The average Bonchev–Trinajstić information content (AvgIpc) is 3.10. The van der Waals surface area contributed by atoms with Crippen LogP contribution in [-0.2, 0) is 10.0 Å². The summed E-state index contributed by atoms with van der Waals surface area (Å²) in [4.78, 5) is 16.7. The number of nitrogens with zero attached hydrogens (tertiary/aromatic N) is 3. The summed E-state index contributed by atoms with van der Waals surface area (Å²) in [6.07, 6.45) is 2.89. The summed E-state index contributed by atoms with van der Waals surface area (Å²) < 4.78 is 38.8. The van der Waals surface area contributed by atoms with Gasteiger partial charge in [0, 0.05) is 44.8 Å². The molecule has 2 aliphatic rings. The number of piperazine rings is 1. The predicted octanol–water partition coefficient (Wildman–Crippen LogP) is 2.05. The first-order chi connectivity index (χ1) is 12.7. The van der Waals surface area contributed by atoms with Crippen LogP contribution in [0.1, 0.15) is 30.1 Å². The minimum Gasteiger partial charge on any atom is -0.336 e. The zero-order valence-electron chi connectivity index (χ0n) is 15.6. The first-order valence-electron chi connectivity index (χ1n) is 9.11. The molecule has 1 atom stereocenters. The molecule has 3 rings (SSSR count). The number of rotatable bonds is 4. The van der Waals surface area contributed by atoms with Crippen molar-refractivity contribution in [3.05, 3.63) is 34.6 Å². The van der Waals surface area contributed by atoms with Crippen molar-refractivity contribution < 1.29 is 17.6 Å². The molecule has 0 spiro atoms. The molecule has 2 saturated heterocycles. The van der Waals surface area contributed by atoms with Gasteiger partial charge in [0.1, 0.15) is 5.82 Å². The summed E-state index contributed by atoms with van der Waals surface area (Å²) in [5.41, 5.74) is -0.00576. The van der Waals surface area contributed by atoms with Crippen LogP contribution in [0.25, 0.3) is 0 Å². The summed E-state index contributed by atoms with van der Waals surface area (Å²) in [6, 6.07) is 3.80. The van der Waals surface area contributed by atoms with Gasteiger partial charge in [-0.25, -0.2) is 17.1 Å². The molecule has 150 valence electrons. The number of hydrogen-bond donors (Lipinski definition) is 0. The Labute approximate surface area is 164 Å². The lowest BCUT2D eigenvalue weighted by molar-refractivity contribution is 0.0312. The Morgan fingerprint density at radius 3 is 2.44 bits per heavy atom. The van der Waals surface area contributed by atoms with Crippen molar-refractivity contribution in [1.82, 2.24) is 14.1 Å². The summed E-state index contributed by atoms with van der Waals surface area (Å²) in [5.74, 6) is -0.757. The first-order valence-corrected chi connectivity index (χ1v) is 11.3. The Bertz CT molecular complexity index is 827. The number of amides is 1. The second-order valence-electron chi connectivity index (χ2n) is 7.33. The van der Waals surface area contributed by atoms with Gasteiger partial charge in [-0.1, -0.05) is 18.5 Å². The van der Waals surface area contributed by atoms with Crippen LogP contribution in [0.2, 0.25) is 5.02 Å². The molecule has 1 aromatic carbocycles. The number of halogens is 2. The quantitative estimate of drug-likeness (QED) is 0.752. The van der Waals surface area contributed by atoms with E-state index in [1.54, 1.807) is 9.21 Å². The lowest BCUT2D eigenvalue weighted by Gasteiger charge is -2.45. The molecule has 0 unspecified atom stereocenters. The van der Waals surface area contributed by atoms with Gasteiger partial charge in [-0.3, -0.25) is 9.69 Å². The number of benzene rings is 1. The molecule has 1 amide bonds. The molecule has 1 aromatic rings. The summed E-state index contributed by atoms with van der Waals surface area (Å²) >= 11 is 6.06. The van der Waals surface area contributed by atoms with E-state index < -0.39 is 15.8 Å². The monoisotopic (exact) mass is 417 g/mol. The first kappa shape index (κ1) is 20.5. The van der Waals surface area contributed by atoms with Crippen molar-refractivity contribution in [1.29, 1.82) is 0 Å². The molecule has 0 aliphatic carbocycles. The molecule has 0 radical (unpaired) electrons. The van der Waals surface area contributed by atoms with Crippen LogP contribution in [0.3, 0.4) is 0 Å². The predicted molar refractivity (Wildman–Crippen MR) is 103 cm³/mol. The van der Waals surface area contributed by atoms with Crippen LogP contribution in [0.4, 0.5) is 4.39 Å². The van der Waals surface area contributed by atoms with Gasteiger partial charge >= 0.3 is 0 Å². The largest absolute Gasteiger partial charge is 0.336 e. The van der Waals surface area contributed by atoms with Crippen molar-refractivity contribution in [2.45, 2.75) is 25.3 Å². The standard InChI is InChI=1S/C18H25ClFN3O3S/c1-3-18(6-7-23(13-18)27(2,25)26)22-10-8-21(9-11-22)17(24)15-12-14(20)4-5-16(15)19/h4-5,12H,3,6-11,13H2,1-2H3/t18-/m1/s1. The maximum absolute atomic E-state index is 13.5. The van der Waals surface area contributed by atoms with E-state index in [2.05, 4.69) is 11.8 Å². The highest BCUT2D eigenvalue weighted by atomic mass is 35.5. The van der Waals surface area contributed by atoms with Gasteiger partial charge in [-0.2, -0.15) is 0 Å². The molecule has 2 aliphatic heterocycles. The van der Waals surface area contributed by atoms with Crippen LogP contribution in [0.15, 0.2) is 18.2 Å². The zero-order chi connectivity index (χ0) is 19.8. The fourth-order valence-corrected chi connectivity index (χ4v) is 5.18. The van der Waals surface area contributed by atoms with Crippen molar-refractivity contribution in [2.75, 3.05) is 45.5 Å². The minimum absolute atomic E-state index is 0.180. The molecule has 2 fully saturated rings. The molecule has 0 bridgehead atoms. The number of carbonyl (C=O) groups excluding carboxylic acids is 1. The highest BCUT2D eigenvalue weighted by Crippen LogP contribution is 2.33. The van der Waals surface area contributed by atoms with E-state index in [1.165, 1.54) is 24.5 Å². The fourth-order valence-electron chi connectivity index (χ4n) is 4.09. The van der Waals surface area contributed by atoms with Crippen molar-refractivity contribution in [2.24, 2.45) is 0 Å². The number of carbonyl (C=O) groups is 1. The highest BCUT2D eigenvalue weighted by molar-refractivity contribution is 7.88. The second-order valence-corrected chi connectivity index (χ2v) is 9.72. The van der Waals surface area contributed by atoms with E-state index in [0.717, 1.165) is 12.8 Å². The van der Waals surface area contributed by atoms with Crippen LogP contribution in [0, 0.1) is 5.82 Å². The highest BCUT2D eigenvalue weighted by Gasteiger charge is 2.45. The third-order valence-corrected chi connectivity index (χ3v) is 7.40. The van der Waals surface area contributed by atoms with E-state index in [4.69, 9.17) is 11.6 Å². The number of hydrogen-bond acceptors (Lipinski definition) is 4. The molecular formula is C18H25ClFN3O3S. The Balaban J connectivity index is 1.68. The fraction of sp³-hybridized carbons (Fsp3) is 0.611. The SMILES string of the molecule is CC[C@@]1(N2CCN(C(=O)c3cc(F)ccc3Cl)CC2)CCN(S(C)(=O)=O)C1. The Morgan fingerprint density at radius 2 is 1.89 bits per heavy atom. The van der Waals surface area contributed by atoms with Crippen LogP contribution >= 0.6 is 11.6 Å². The van der Waals surface area contributed by atoms with Gasteiger partial charge in [-0.05, 0) is 31.0 Å². The van der Waals surface area contributed by atoms with E-state index in [-0.39, 0.29) is 22.0 Å². The molecule has 0 saturated carbocycles. The average molecular weight is 418 g/mol. The second kappa shape index (κ2) is 7.66. The topological polar surface area (TPSA) is 60.9 Å².